The van der Waals surface area contributed by atoms with Gasteiger partial charge in [-0.1, -0.05) is 11.2 Å². The van der Waals surface area contributed by atoms with Crippen molar-refractivity contribution in [3.8, 4) is 0 Å². The number of pyridine rings is 1. The summed E-state index contributed by atoms with van der Waals surface area (Å²) in [5, 5.41) is 15.0. The quantitative estimate of drug-likeness (QED) is 0.287. The second kappa shape index (κ2) is 7.62. The molecule has 0 saturated carbocycles. The van der Waals surface area contributed by atoms with E-state index in [1.54, 1.807) is 6.20 Å². The standard InChI is InChI=1S/C12H20N4O2/c1-3-18-8-9(2)15-7-10-5-4-6-14-11(10)12(13)16-17/h4-6,9,15,17H,3,7-8H2,1-2H3,(H2,13,16). The Bertz CT molecular complexity index is 395. The lowest BCUT2D eigenvalue weighted by atomic mass is 10.1. The van der Waals surface area contributed by atoms with E-state index in [-0.39, 0.29) is 11.9 Å². The van der Waals surface area contributed by atoms with Gasteiger partial charge in [-0.25, -0.2) is 0 Å². The van der Waals surface area contributed by atoms with Crippen LogP contribution < -0.4 is 11.1 Å². The van der Waals surface area contributed by atoms with Crippen molar-refractivity contribution in [1.29, 1.82) is 0 Å². The molecule has 0 fully saturated rings. The molecule has 0 aliphatic heterocycles. The maximum absolute atomic E-state index is 8.69. The molecule has 0 saturated heterocycles. The van der Waals surface area contributed by atoms with Crippen molar-refractivity contribution in [1.82, 2.24) is 10.3 Å². The maximum atomic E-state index is 8.69. The first-order chi connectivity index (χ1) is 8.69. The molecule has 0 aromatic carbocycles. The van der Waals surface area contributed by atoms with Gasteiger partial charge in [0.15, 0.2) is 5.84 Å². The van der Waals surface area contributed by atoms with Gasteiger partial charge in [0.05, 0.1) is 6.61 Å². The van der Waals surface area contributed by atoms with Gasteiger partial charge in [0.25, 0.3) is 0 Å². The van der Waals surface area contributed by atoms with Gasteiger partial charge in [0, 0.05) is 25.4 Å². The third kappa shape index (κ3) is 4.31. The molecule has 0 bridgehead atoms. The number of amidine groups is 1. The van der Waals surface area contributed by atoms with Gasteiger partial charge in [-0.05, 0) is 25.5 Å². The molecule has 1 aromatic rings. The smallest absolute Gasteiger partial charge is 0.189 e. The third-order valence-electron chi connectivity index (χ3n) is 2.45. The zero-order valence-corrected chi connectivity index (χ0v) is 10.8. The van der Waals surface area contributed by atoms with Gasteiger partial charge in [0.2, 0.25) is 0 Å². The van der Waals surface area contributed by atoms with Crippen molar-refractivity contribution in [2.45, 2.75) is 26.4 Å². The van der Waals surface area contributed by atoms with E-state index in [2.05, 4.69) is 15.5 Å². The highest BCUT2D eigenvalue weighted by molar-refractivity contribution is 5.96. The number of hydrogen-bond acceptors (Lipinski definition) is 5. The largest absolute Gasteiger partial charge is 0.409 e. The van der Waals surface area contributed by atoms with Gasteiger partial charge in [0.1, 0.15) is 5.69 Å². The van der Waals surface area contributed by atoms with Crippen LogP contribution in [0.4, 0.5) is 0 Å². The van der Waals surface area contributed by atoms with Crippen molar-refractivity contribution < 1.29 is 9.94 Å². The predicted octanol–water partition coefficient (Wildman–Crippen LogP) is 0.691. The lowest BCUT2D eigenvalue weighted by Gasteiger charge is -2.14. The maximum Gasteiger partial charge on any atom is 0.189 e. The molecule has 18 heavy (non-hydrogen) atoms. The summed E-state index contributed by atoms with van der Waals surface area (Å²) in [7, 11) is 0. The number of aromatic nitrogens is 1. The summed E-state index contributed by atoms with van der Waals surface area (Å²) in [6, 6.07) is 3.93. The van der Waals surface area contributed by atoms with E-state index in [0.29, 0.717) is 25.5 Å². The highest BCUT2D eigenvalue weighted by Gasteiger charge is 2.09. The Kier molecular flexibility index (Phi) is 6.10. The number of nitrogens with two attached hydrogens (primary N) is 1. The normalized spacial score (nSPS) is 13.6. The van der Waals surface area contributed by atoms with Crippen LogP contribution in [-0.2, 0) is 11.3 Å². The minimum atomic E-state index is 0.0184. The molecule has 1 aromatic heterocycles. The number of nitrogens with zero attached hydrogens (tertiary/aromatic N) is 2. The number of ether oxygens (including phenoxy) is 1. The summed E-state index contributed by atoms with van der Waals surface area (Å²) < 4.78 is 5.32. The van der Waals surface area contributed by atoms with Crippen molar-refractivity contribution >= 4 is 5.84 Å². The molecule has 6 nitrogen and oxygen atoms in total. The molecule has 0 radical (unpaired) electrons. The van der Waals surface area contributed by atoms with E-state index in [9.17, 15) is 0 Å². The summed E-state index contributed by atoms with van der Waals surface area (Å²) in [4.78, 5) is 4.10. The van der Waals surface area contributed by atoms with Crippen LogP contribution in [0.2, 0.25) is 0 Å². The number of rotatable bonds is 7. The van der Waals surface area contributed by atoms with E-state index in [4.69, 9.17) is 15.7 Å². The highest BCUT2D eigenvalue weighted by atomic mass is 16.5. The van der Waals surface area contributed by atoms with Crippen molar-refractivity contribution in [3.63, 3.8) is 0 Å². The van der Waals surface area contributed by atoms with Crippen molar-refractivity contribution in [2.24, 2.45) is 10.9 Å². The lowest BCUT2D eigenvalue weighted by Crippen LogP contribution is -2.31. The first-order valence-electron chi connectivity index (χ1n) is 5.92. The van der Waals surface area contributed by atoms with Crippen LogP contribution in [0, 0.1) is 0 Å². The second-order valence-electron chi connectivity index (χ2n) is 3.94. The van der Waals surface area contributed by atoms with Gasteiger partial charge in [-0.2, -0.15) is 0 Å². The SMILES string of the molecule is CCOCC(C)NCc1cccnc1C(N)=NO. The minimum Gasteiger partial charge on any atom is -0.409 e. The Morgan fingerprint density at radius 3 is 3.11 bits per heavy atom. The lowest BCUT2D eigenvalue weighted by molar-refractivity contribution is 0.127. The summed E-state index contributed by atoms with van der Waals surface area (Å²) in [5.41, 5.74) is 6.95. The Hall–Kier alpha value is -1.66. The van der Waals surface area contributed by atoms with Crippen molar-refractivity contribution in [3.05, 3.63) is 29.6 Å². The second-order valence-corrected chi connectivity index (χ2v) is 3.94. The van der Waals surface area contributed by atoms with Gasteiger partial charge in [-0.15, -0.1) is 0 Å². The van der Waals surface area contributed by atoms with Crippen LogP contribution >= 0.6 is 0 Å². The van der Waals surface area contributed by atoms with Crippen LogP contribution in [0.15, 0.2) is 23.5 Å². The summed E-state index contributed by atoms with van der Waals surface area (Å²) in [6.45, 7) is 5.94. The zero-order chi connectivity index (χ0) is 13.4. The molecular formula is C12H20N4O2. The molecule has 1 rings (SSSR count). The average Bonchev–Trinajstić information content (AvgIpc) is 2.42. The molecule has 0 spiro atoms. The Balaban J connectivity index is 2.62. The number of nitrogens with one attached hydrogen (secondary N) is 1. The molecule has 0 aliphatic rings. The van der Waals surface area contributed by atoms with E-state index < -0.39 is 0 Å². The average molecular weight is 252 g/mol. The van der Waals surface area contributed by atoms with Crippen LogP contribution in [0.25, 0.3) is 0 Å². The Morgan fingerprint density at radius 2 is 2.44 bits per heavy atom. The molecule has 0 aliphatic carbocycles. The molecule has 1 heterocycles. The minimum absolute atomic E-state index is 0.0184. The first-order valence-corrected chi connectivity index (χ1v) is 5.92. The van der Waals surface area contributed by atoms with E-state index in [1.807, 2.05) is 26.0 Å². The monoisotopic (exact) mass is 252 g/mol. The topological polar surface area (TPSA) is 92.8 Å². The summed E-state index contributed by atoms with van der Waals surface area (Å²) in [5.74, 6) is 0.0184. The fourth-order valence-corrected chi connectivity index (χ4v) is 1.50. The molecule has 1 atom stereocenters. The Labute approximate surface area is 107 Å². The first kappa shape index (κ1) is 14.4. The summed E-state index contributed by atoms with van der Waals surface area (Å²) in [6.07, 6.45) is 1.61. The van der Waals surface area contributed by atoms with Crippen LogP contribution in [0.1, 0.15) is 25.1 Å². The van der Waals surface area contributed by atoms with Gasteiger partial charge >= 0.3 is 0 Å². The van der Waals surface area contributed by atoms with E-state index in [1.165, 1.54) is 0 Å². The number of hydrogen-bond donors (Lipinski definition) is 3. The van der Waals surface area contributed by atoms with E-state index in [0.717, 1.165) is 5.56 Å². The number of oxime groups is 1. The predicted molar refractivity (Wildman–Crippen MR) is 69.5 cm³/mol. The zero-order valence-electron chi connectivity index (χ0n) is 10.8. The molecule has 6 heteroatoms. The highest BCUT2D eigenvalue weighted by Crippen LogP contribution is 2.05. The molecule has 1 unspecified atom stereocenters. The van der Waals surface area contributed by atoms with Crippen LogP contribution in [0.3, 0.4) is 0 Å². The molecule has 0 amide bonds. The fraction of sp³-hybridized carbons (Fsp3) is 0.500. The molecular weight excluding hydrogens is 232 g/mol. The van der Waals surface area contributed by atoms with Gasteiger partial charge < -0.3 is 21.0 Å². The molecule has 100 valence electrons. The third-order valence-corrected chi connectivity index (χ3v) is 2.45. The Morgan fingerprint density at radius 1 is 1.67 bits per heavy atom. The van der Waals surface area contributed by atoms with E-state index >= 15 is 0 Å². The fourth-order valence-electron chi connectivity index (χ4n) is 1.50. The van der Waals surface area contributed by atoms with Crippen LogP contribution in [0.5, 0.6) is 0 Å². The molecule has 4 N–H and O–H groups in total. The summed E-state index contributed by atoms with van der Waals surface area (Å²) >= 11 is 0. The van der Waals surface area contributed by atoms with Crippen molar-refractivity contribution in [2.75, 3.05) is 13.2 Å². The van der Waals surface area contributed by atoms with Gasteiger partial charge in [-0.3, -0.25) is 4.98 Å². The van der Waals surface area contributed by atoms with Crippen LogP contribution in [-0.4, -0.2) is 35.3 Å².